The Morgan fingerprint density at radius 2 is 1.81 bits per heavy atom. The van der Waals surface area contributed by atoms with Crippen molar-refractivity contribution >= 4 is 6.08 Å². The van der Waals surface area contributed by atoms with E-state index in [1.54, 1.807) is 0 Å². The SMILES string of the molecule is C=C1C[C@H](/C=C/c2ccccc2)O[C@@H]2[C@H]3O[C@@H]4OC(C)(C)O[C@@H]4[C@H]3OC[C@@H]12. The maximum atomic E-state index is 6.45. The molecule has 4 aliphatic rings. The molecule has 4 aliphatic heterocycles. The van der Waals surface area contributed by atoms with Crippen LogP contribution in [0.1, 0.15) is 25.8 Å². The third kappa shape index (κ3) is 3.18. The lowest BCUT2D eigenvalue weighted by Gasteiger charge is -2.45. The minimum absolute atomic E-state index is 0.0139. The Kier molecular flexibility index (Phi) is 4.26. The Morgan fingerprint density at radius 3 is 2.63 bits per heavy atom. The molecule has 1 aromatic carbocycles. The zero-order valence-corrected chi connectivity index (χ0v) is 15.7. The van der Waals surface area contributed by atoms with E-state index in [1.165, 1.54) is 0 Å². The molecule has 0 aromatic heterocycles. The van der Waals surface area contributed by atoms with Crippen molar-refractivity contribution in [2.45, 2.75) is 62.9 Å². The fraction of sp³-hybridized carbons (Fsp3) is 0.545. The Labute approximate surface area is 159 Å². The molecule has 0 radical (unpaired) electrons. The van der Waals surface area contributed by atoms with Gasteiger partial charge in [0, 0.05) is 5.92 Å². The highest BCUT2D eigenvalue weighted by molar-refractivity contribution is 5.49. The number of hydrogen-bond donors (Lipinski definition) is 0. The highest BCUT2D eigenvalue weighted by atomic mass is 16.8. The topological polar surface area (TPSA) is 46.2 Å². The summed E-state index contributed by atoms with van der Waals surface area (Å²) in [5, 5.41) is 0. The van der Waals surface area contributed by atoms with Gasteiger partial charge in [-0.2, -0.15) is 0 Å². The van der Waals surface area contributed by atoms with Crippen LogP contribution in [0.25, 0.3) is 6.08 Å². The van der Waals surface area contributed by atoms with Crippen LogP contribution in [0.15, 0.2) is 48.6 Å². The summed E-state index contributed by atoms with van der Waals surface area (Å²) in [7, 11) is 0. The first-order valence-corrected chi connectivity index (χ1v) is 9.69. The third-order valence-electron chi connectivity index (χ3n) is 5.84. The summed E-state index contributed by atoms with van der Waals surface area (Å²) in [6.45, 7) is 8.70. The summed E-state index contributed by atoms with van der Waals surface area (Å²) in [6.07, 6.45) is 3.96. The first-order chi connectivity index (χ1) is 13.0. The van der Waals surface area contributed by atoms with E-state index < -0.39 is 12.1 Å². The lowest BCUT2D eigenvalue weighted by atomic mass is 9.81. The fourth-order valence-electron chi connectivity index (χ4n) is 4.58. The number of ether oxygens (including phenoxy) is 5. The molecule has 5 nitrogen and oxygen atoms in total. The van der Waals surface area contributed by atoms with E-state index in [4.69, 9.17) is 23.7 Å². The Hall–Kier alpha value is -1.50. The molecule has 4 fully saturated rings. The van der Waals surface area contributed by atoms with Gasteiger partial charge in [0.15, 0.2) is 12.1 Å². The maximum absolute atomic E-state index is 6.45. The van der Waals surface area contributed by atoms with Gasteiger partial charge in [-0.25, -0.2) is 0 Å². The van der Waals surface area contributed by atoms with E-state index in [2.05, 4.69) is 30.9 Å². The van der Waals surface area contributed by atoms with Crippen molar-refractivity contribution in [2.24, 2.45) is 5.92 Å². The maximum Gasteiger partial charge on any atom is 0.190 e. The van der Waals surface area contributed by atoms with Crippen molar-refractivity contribution in [3.63, 3.8) is 0 Å². The first-order valence-electron chi connectivity index (χ1n) is 9.69. The molecule has 0 unspecified atom stereocenters. The van der Waals surface area contributed by atoms with Crippen molar-refractivity contribution in [1.29, 1.82) is 0 Å². The second-order valence-electron chi connectivity index (χ2n) is 8.25. The highest BCUT2D eigenvalue weighted by Gasteiger charge is 2.61. The van der Waals surface area contributed by atoms with Crippen LogP contribution in [-0.4, -0.2) is 49.2 Å². The molecular formula is C22H26O5. The van der Waals surface area contributed by atoms with E-state index in [-0.39, 0.29) is 36.4 Å². The second kappa shape index (κ2) is 6.54. The van der Waals surface area contributed by atoms with Crippen LogP contribution in [0.4, 0.5) is 0 Å². The molecule has 0 bridgehead atoms. The zero-order chi connectivity index (χ0) is 18.6. The van der Waals surface area contributed by atoms with E-state index in [1.807, 2.05) is 32.0 Å². The van der Waals surface area contributed by atoms with Crippen LogP contribution >= 0.6 is 0 Å². The average molecular weight is 370 g/mol. The van der Waals surface area contributed by atoms with Crippen molar-refractivity contribution in [3.05, 3.63) is 54.1 Å². The van der Waals surface area contributed by atoms with Crippen molar-refractivity contribution in [1.82, 2.24) is 0 Å². The molecule has 0 amide bonds. The Bertz CT molecular complexity index is 742. The second-order valence-corrected chi connectivity index (χ2v) is 8.25. The van der Waals surface area contributed by atoms with Gasteiger partial charge in [-0.3, -0.25) is 0 Å². The van der Waals surface area contributed by atoms with Gasteiger partial charge in [0.2, 0.25) is 0 Å². The molecule has 4 heterocycles. The predicted octanol–water partition coefficient (Wildman–Crippen LogP) is 3.30. The van der Waals surface area contributed by atoms with Crippen LogP contribution in [0.2, 0.25) is 0 Å². The monoisotopic (exact) mass is 370 g/mol. The molecule has 5 rings (SSSR count). The fourth-order valence-corrected chi connectivity index (χ4v) is 4.58. The minimum atomic E-state index is -0.640. The molecule has 4 saturated heterocycles. The number of fused-ring (bicyclic) bond motifs is 5. The number of rotatable bonds is 2. The van der Waals surface area contributed by atoms with Gasteiger partial charge in [0.25, 0.3) is 0 Å². The average Bonchev–Trinajstić information content (AvgIpc) is 3.13. The van der Waals surface area contributed by atoms with Gasteiger partial charge < -0.3 is 23.7 Å². The van der Waals surface area contributed by atoms with Crippen molar-refractivity contribution < 1.29 is 23.7 Å². The van der Waals surface area contributed by atoms with Gasteiger partial charge in [0.05, 0.1) is 18.8 Å². The molecule has 0 N–H and O–H groups in total. The molecule has 0 aliphatic carbocycles. The molecule has 5 heteroatoms. The lowest BCUT2D eigenvalue weighted by molar-refractivity contribution is -0.257. The largest absolute Gasteiger partial charge is 0.372 e. The molecule has 144 valence electrons. The Morgan fingerprint density at radius 1 is 1.00 bits per heavy atom. The number of hydrogen-bond acceptors (Lipinski definition) is 5. The molecular weight excluding hydrogens is 344 g/mol. The molecule has 1 aromatic rings. The van der Waals surface area contributed by atoms with E-state index >= 15 is 0 Å². The van der Waals surface area contributed by atoms with Gasteiger partial charge in [-0.05, 0) is 25.8 Å². The van der Waals surface area contributed by atoms with Crippen LogP contribution in [0, 0.1) is 5.92 Å². The normalized spacial score (nSPS) is 42.7. The molecule has 0 saturated carbocycles. The standard InChI is InChI=1S/C22H26O5/c1-13-11-15(10-9-14-7-5-4-6-8-14)24-17-16(13)12-23-18-19(17)25-21-20(18)26-22(2,3)27-21/h4-10,15-21H,1,11-12H2,2-3H3/b10-9+/t15-,16-,17-,18-,19+,20+,21+/m0/s1. The van der Waals surface area contributed by atoms with Gasteiger partial charge in [-0.15, -0.1) is 0 Å². The van der Waals surface area contributed by atoms with E-state index in [0.717, 1.165) is 17.6 Å². The summed E-state index contributed by atoms with van der Waals surface area (Å²) in [5.74, 6) is -0.488. The van der Waals surface area contributed by atoms with Gasteiger partial charge in [0.1, 0.15) is 18.3 Å². The third-order valence-corrected chi connectivity index (χ3v) is 5.84. The van der Waals surface area contributed by atoms with Crippen molar-refractivity contribution in [3.8, 4) is 0 Å². The summed E-state index contributed by atoms with van der Waals surface area (Å²) >= 11 is 0. The summed E-state index contributed by atoms with van der Waals surface area (Å²) in [6, 6.07) is 10.2. The van der Waals surface area contributed by atoms with Gasteiger partial charge in [-0.1, -0.05) is 54.6 Å². The molecule has 0 spiro atoms. The summed E-state index contributed by atoms with van der Waals surface area (Å²) in [4.78, 5) is 0. The van der Waals surface area contributed by atoms with E-state index in [9.17, 15) is 0 Å². The smallest absolute Gasteiger partial charge is 0.190 e. The molecule has 7 atom stereocenters. The van der Waals surface area contributed by atoms with Crippen LogP contribution in [0.5, 0.6) is 0 Å². The lowest BCUT2D eigenvalue weighted by Crippen LogP contribution is -2.56. The zero-order valence-electron chi connectivity index (χ0n) is 15.7. The summed E-state index contributed by atoms with van der Waals surface area (Å²) < 4.78 is 30.7. The van der Waals surface area contributed by atoms with E-state index in [0.29, 0.717) is 6.61 Å². The number of benzene rings is 1. The molecule has 27 heavy (non-hydrogen) atoms. The van der Waals surface area contributed by atoms with Crippen molar-refractivity contribution in [2.75, 3.05) is 6.61 Å². The first kappa shape index (κ1) is 17.6. The predicted molar refractivity (Wildman–Crippen MR) is 99.8 cm³/mol. The van der Waals surface area contributed by atoms with Gasteiger partial charge >= 0.3 is 0 Å². The van der Waals surface area contributed by atoms with Crippen LogP contribution in [-0.2, 0) is 23.7 Å². The highest BCUT2D eigenvalue weighted by Crippen LogP contribution is 2.46. The Balaban J connectivity index is 1.33. The van der Waals surface area contributed by atoms with Crippen LogP contribution in [0.3, 0.4) is 0 Å². The quantitative estimate of drug-likeness (QED) is 0.748. The minimum Gasteiger partial charge on any atom is -0.372 e. The summed E-state index contributed by atoms with van der Waals surface area (Å²) in [5.41, 5.74) is 2.32. The van der Waals surface area contributed by atoms with Crippen LogP contribution < -0.4 is 0 Å².